The molecule has 2 rings (SSSR count). The summed E-state index contributed by atoms with van der Waals surface area (Å²) in [5, 5.41) is 10.1. The van der Waals surface area contributed by atoms with Crippen LogP contribution in [0.5, 0.6) is 0 Å². The SMILES string of the molecule is Nc1ccc(F)cc1C(O)c1cccnc1N. The smallest absolute Gasteiger partial charge is 0.129 e. The fourth-order valence-electron chi connectivity index (χ4n) is 1.61. The summed E-state index contributed by atoms with van der Waals surface area (Å²) in [6.45, 7) is 0. The van der Waals surface area contributed by atoms with Gasteiger partial charge in [0.25, 0.3) is 0 Å². The van der Waals surface area contributed by atoms with Gasteiger partial charge in [-0.15, -0.1) is 0 Å². The van der Waals surface area contributed by atoms with Crippen molar-refractivity contribution >= 4 is 11.5 Å². The second kappa shape index (κ2) is 4.39. The van der Waals surface area contributed by atoms with Crippen molar-refractivity contribution in [3.8, 4) is 0 Å². The first kappa shape index (κ1) is 11.3. The zero-order chi connectivity index (χ0) is 12.4. The number of rotatable bonds is 2. The van der Waals surface area contributed by atoms with Gasteiger partial charge in [-0.2, -0.15) is 0 Å². The molecule has 4 nitrogen and oxygen atoms in total. The molecular weight excluding hydrogens is 221 g/mol. The van der Waals surface area contributed by atoms with Gasteiger partial charge >= 0.3 is 0 Å². The van der Waals surface area contributed by atoms with E-state index in [0.717, 1.165) is 0 Å². The summed E-state index contributed by atoms with van der Waals surface area (Å²) in [5.74, 6) is -0.264. The van der Waals surface area contributed by atoms with Gasteiger partial charge in [0.15, 0.2) is 0 Å². The Morgan fingerprint density at radius 2 is 1.94 bits per heavy atom. The van der Waals surface area contributed by atoms with Gasteiger partial charge in [0, 0.05) is 23.0 Å². The van der Waals surface area contributed by atoms with E-state index in [1.54, 1.807) is 12.1 Å². The highest BCUT2D eigenvalue weighted by molar-refractivity contribution is 5.53. The second-order valence-corrected chi connectivity index (χ2v) is 3.65. The number of aliphatic hydroxyl groups excluding tert-OH is 1. The van der Waals surface area contributed by atoms with Crippen LogP contribution in [-0.2, 0) is 0 Å². The molecule has 0 aliphatic heterocycles. The van der Waals surface area contributed by atoms with E-state index in [0.29, 0.717) is 11.3 Å². The molecular formula is C12H12FN3O. The number of benzene rings is 1. The number of aliphatic hydroxyl groups is 1. The summed E-state index contributed by atoms with van der Waals surface area (Å²) >= 11 is 0. The van der Waals surface area contributed by atoms with Crippen molar-refractivity contribution in [1.82, 2.24) is 4.98 Å². The Bertz CT molecular complexity index is 545. The van der Waals surface area contributed by atoms with Crippen molar-refractivity contribution in [2.24, 2.45) is 0 Å². The van der Waals surface area contributed by atoms with Gasteiger partial charge in [-0.3, -0.25) is 0 Å². The molecule has 1 aromatic heterocycles. The highest BCUT2D eigenvalue weighted by Gasteiger charge is 2.17. The van der Waals surface area contributed by atoms with Crippen LogP contribution < -0.4 is 11.5 Å². The van der Waals surface area contributed by atoms with E-state index in [-0.39, 0.29) is 11.4 Å². The van der Waals surface area contributed by atoms with Gasteiger partial charge in [-0.25, -0.2) is 9.37 Å². The van der Waals surface area contributed by atoms with Crippen molar-refractivity contribution in [2.75, 3.05) is 11.5 Å². The molecule has 1 heterocycles. The first-order chi connectivity index (χ1) is 8.09. The van der Waals surface area contributed by atoms with E-state index in [2.05, 4.69) is 4.98 Å². The Labute approximate surface area is 97.7 Å². The normalized spacial score (nSPS) is 12.4. The molecule has 0 radical (unpaired) electrons. The molecule has 0 saturated carbocycles. The molecule has 1 aromatic carbocycles. The average molecular weight is 233 g/mol. The van der Waals surface area contributed by atoms with Gasteiger partial charge in [-0.1, -0.05) is 6.07 Å². The monoisotopic (exact) mass is 233 g/mol. The maximum atomic E-state index is 13.1. The molecule has 0 fully saturated rings. The lowest BCUT2D eigenvalue weighted by Crippen LogP contribution is -2.08. The predicted molar refractivity (Wildman–Crippen MR) is 63.5 cm³/mol. The van der Waals surface area contributed by atoms with Gasteiger partial charge < -0.3 is 16.6 Å². The van der Waals surface area contributed by atoms with Crippen LogP contribution in [0.15, 0.2) is 36.5 Å². The molecule has 17 heavy (non-hydrogen) atoms. The van der Waals surface area contributed by atoms with Crippen LogP contribution in [0.3, 0.4) is 0 Å². The highest BCUT2D eigenvalue weighted by Crippen LogP contribution is 2.29. The van der Waals surface area contributed by atoms with E-state index in [1.165, 1.54) is 24.4 Å². The summed E-state index contributed by atoms with van der Waals surface area (Å²) in [5.41, 5.74) is 12.3. The number of nitrogen functional groups attached to an aromatic ring is 2. The van der Waals surface area contributed by atoms with E-state index in [1.807, 2.05) is 0 Å². The second-order valence-electron chi connectivity index (χ2n) is 3.65. The van der Waals surface area contributed by atoms with Gasteiger partial charge in [0.1, 0.15) is 17.7 Å². The molecule has 2 aromatic rings. The highest BCUT2D eigenvalue weighted by atomic mass is 19.1. The lowest BCUT2D eigenvalue weighted by atomic mass is 10.0. The third-order valence-corrected chi connectivity index (χ3v) is 2.51. The van der Waals surface area contributed by atoms with Gasteiger partial charge in [-0.05, 0) is 24.3 Å². The fraction of sp³-hybridized carbons (Fsp3) is 0.0833. The molecule has 5 N–H and O–H groups in total. The van der Waals surface area contributed by atoms with Crippen LogP contribution in [0.4, 0.5) is 15.9 Å². The topological polar surface area (TPSA) is 85.2 Å². The van der Waals surface area contributed by atoms with Gasteiger partial charge in [0.05, 0.1) is 0 Å². The molecule has 0 bridgehead atoms. The van der Waals surface area contributed by atoms with Crippen LogP contribution >= 0.6 is 0 Å². The number of anilines is 2. The maximum Gasteiger partial charge on any atom is 0.129 e. The minimum atomic E-state index is -1.08. The minimum absolute atomic E-state index is 0.198. The van der Waals surface area contributed by atoms with E-state index in [9.17, 15) is 9.50 Å². The Kier molecular flexibility index (Phi) is 2.93. The Morgan fingerprint density at radius 3 is 2.65 bits per heavy atom. The Balaban J connectivity index is 2.47. The molecule has 88 valence electrons. The number of nitrogens with two attached hydrogens (primary N) is 2. The van der Waals surface area contributed by atoms with E-state index in [4.69, 9.17) is 11.5 Å². The number of nitrogens with zero attached hydrogens (tertiary/aromatic N) is 1. The molecule has 0 aliphatic rings. The summed E-state index contributed by atoms with van der Waals surface area (Å²) in [6, 6.07) is 7.09. The lowest BCUT2D eigenvalue weighted by Gasteiger charge is -2.15. The van der Waals surface area contributed by atoms with Crippen LogP contribution in [0.25, 0.3) is 0 Å². The zero-order valence-electron chi connectivity index (χ0n) is 8.97. The van der Waals surface area contributed by atoms with Crippen molar-refractivity contribution in [1.29, 1.82) is 0 Å². The molecule has 0 saturated heterocycles. The summed E-state index contributed by atoms with van der Waals surface area (Å²) in [4.78, 5) is 3.86. The molecule has 0 aliphatic carbocycles. The fourth-order valence-corrected chi connectivity index (χ4v) is 1.61. The van der Waals surface area contributed by atoms with Crippen LogP contribution in [0.1, 0.15) is 17.2 Å². The largest absolute Gasteiger partial charge is 0.398 e. The van der Waals surface area contributed by atoms with Crippen molar-refractivity contribution in [3.05, 3.63) is 53.5 Å². The Morgan fingerprint density at radius 1 is 1.18 bits per heavy atom. The molecule has 5 heteroatoms. The zero-order valence-corrected chi connectivity index (χ0v) is 8.97. The van der Waals surface area contributed by atoms with Gasteiger partial charge in [0.2, 0.25) is 0 Å². The predicted octanol–water partition coefficient (Wildman–Crippen LogP) is 1.47. The third-order valence-electron chi connectivity index (χ3n) is 2.51. The number of pyridine rings is 1. The number of halogens is 1. The molecule has 1 atom stereocenters. The van der Waals surface area contributed by atoms with Crippen LogP contribution in [-0.4, -0.2) is 10.1 Å². The van der Waals surface area contributed by atoms with E-state index < -0.39 is 11.9 Å². The molecule has 0 amide bonds. The Hall–Kier alpha value is -2.14. The van der Waals surface area contributed by atoms with Crippen molar-refractivity contribution in [3.63, 3.8) is 0 Å². The summed E-state index contributed by atoms with van der Waals surface area (Å²) < 4.78 is 13.1. The number of hydrogen-bond donors (Lipinski definition) is 3. The van der Waals surface area contributed by atoms with Crippen LogP contribution in [0.2, 0.25) is 0 Å². The summed E-state index contributed by atoms with van der Waals surface area (Å²) in [7, 11) is 0. The molecule has 0 spiro atoms. The third kappa shape index (κ3) is 2.19. The van der Waals surface area contributed by atoms with Crippen LogP contribution in [0, 0.1) is 5.82 Å². The standard InChI is InChI=1S/C12H12FN3O/c13-7-3-4-10(14)9(6-7)11(17)8-2-1-5-16-12(8)15/h1-6,11,17H,14H2,(H2,15,16). The quantitative estimate of drug-likeness (QED) is 0.685. The summed E-state index contributed by atoms with van der Waals surface area (Å²) in [6.07, 6.45) is 0.430. The maximum absolute atomic E-state index is 13.1. The van der Waals surface area contributed by atoms with E-state index >= 15 is 0 Å². The first-order valence-corrected chi connectivity index (χ1v) is 5.03. The first-order valence-electron chi connectivity index (χ1n) is 5.03. The number of hydrogen-bond acceptors (Lipinski definition) is 4. The van der Waals surface area contributed by atoms with Crippen molar-refractivity contribution in [2.45, 2.75) is 6.10 Å². The minimum Gasteiger partial charge on any atom is -0.398 e. The van der Waals surface area contributed by atoms with Crippen molar-refractivity contribution < 1.29 is 9.50 Å². The average Bonchev–Trinajstić information content (AvgIpc) is 2.32. The number of aromatic nitrogens is 1. The lowest BCUT2D eigenvalue weighted by molar-refractivity contribution is 0.221. The molecule has 1 unspecified atom stereocenters.